The van der Waals surface area contributed by atoms with Gasteiger partial charge in [0.15, 0.2) is 0 Å². The minimum absolute atomic E-state index is 0.146. The molecule has 2 atom stereocenters. The summed E-state index contributed by atoms with van der Waals surface area (Å²) in [6, 6.07) is 31.9. The van der Waals surface area contributed by atoms with Gasteiger partial charge in [0.1, 0.15) is 19.0 Å². The molecule has 0 radical (unpaired) electrons. The van der Waals surface area contributed by atoms with Crippen LogP contribution in [0.15, 0.2) is 120 Å². The van der Waals surface area contributed by atoms with Crippen LogP contribution in [0.3, 0.4) is 0 Å². The van der Waals surface area contributed by atoms with E-state index in [-0.39, 0.29) is 25.3 Å². The second-order valence-electron chi connectivity index (χ2n) is 12.4. The molecule has 6 rings (SSSR count). The molecule has 2 aromatic heterocycles. The highest BCUT2D eigenvalue weighted by atomic mass is 32.1. The fourth-order valence-corrected chi connectivity index (χ4v) is 7.03. The van der Waals surface area contributed by atoms with Crippen LogP contribution in [0.4, 0.5) is 9.59 Å². The van der Waals surface area contributed by atoms with Crippen molar-refractivity contribution in [1.82, 2.24) is 25.5 Å². The number of hydrogen-bond acceptors (Lipinski definition) is 10. The first-order chi connectivity index (χ1) is 25.5. The summed E-state index contributed by atoms with van der Waals surface area (Å²) in [6.07, 6.45) is 3.56. The van der Waals surface area contributed by atoms with E-state index >= 15 is 0 Å². The second kappa shape index (κ2) is 18.8. The zero-order chi connectivity index (χ0) is 36.0. The summed E-state index contributed by atoms with van der Waals surface area (Å²) in [7, 11) is 1.66. The summed E-state index contributed by atoms with van der Waals surface area (Å²) in [6.45, 7) is 1.82. The lowest BCUT2D eigenvalue weighted by Gasteiger charge is -2.32. The highest BCUT2D eigenvalue weighted by Gasteiger charge is 2.24. The number of hydrogen-bond donors (Lipinski definition) is 2. The maximum atomic E-state index is 13.2. The minimum atomic E-state index is -0.500. The average Bonchev–Trinajstić information content (AvgIpc) is 3.89. The monoisotopic (exact) mass is 735 g/mol. The second-order valence-corrected chi connectivity index (χ2v) is 14.3. The van der Waals surface area contributed by atoms with Gasteiger partial charge >= 0.3 is 12.2 Å². The number of methoxy groups -OCH3 is 1. The van der Waals surface area contributed by atoms with Crippen molar-refractivity contribution in [2.45, 2.75) is 44.7 Å². The van der Waals surface area contributed by atoms with E-state index in [1.807, 2.05) is 48.5 Å². The SMILES string of the molecule is COc1ccc2cc(CN(C[C@@H](Cc3ccccc3)NC(=O)OCc3cncs3)C[C@H](Cc3ccccc3)NC(=O)OCc3cncs3)ccc2c1. The standard InChI is InChI=1S/C40H41N5O5S2/c1-48-36-15-14-32-16-31(12-13-33(32)19-36)22-45(23-34(17-29-8-4-2-5-9-29)43-39(46)49-25-37-20-41-27-51-37)24-35(18-30-10-6-3-7-11-30)44-40(47)50-26-38-21-42-28-52-38/h2-16,19-21,27-28,34-35H,17-18,22-26H2,1H3,(H,43,46)(H,44,47)/t34-,35+. The van der Waals surface area contributed by atoms with Crippen molar-refractivity contribution in [2.24, 2.45) is 0 Å². The molecular weight excluding hydrogens is 695 g/mol. The van der Waals surface area contributed by atoms with Crippen LogP contribution in [-0.2, 0) is 42.1 Å². The van der Waals surface area contributed by atoms with Crippen LogP contribution >= 0.6 is 22.7 Å². The molecule has 0 aliphatic carbocycles. The number of thiazole rings is 2. The van der Waals surface area contributed by atoms with Crippen molar-refractivity contribution in [2.75, 3.05) is 20.2 Å². The van der Waals surface area contributed by atoms with Crippen molar-refractivity contribution in [1.29, 1.82) is 0 Å². The zero-order valence-corrected chi connectivity index (χ0v) is 30.5. The molecule has 0 aliphatic heterocycles. The van der Waals surface area contributed by atoms with Crippen LogP contribution < -0.4 is 15.4 Å². The quantitative estimate of drug-likeness (QED) is 0.0983. The van der Waals surface area contributed by atoms with E-state index in [9.17, 15) is 9.59 Å². The molecule has 0 fully saturated rings. The van der Waals surface area contributed by atoms with E-state index in [1.165, 1.54) is 22.7 Å². The normalized spacial score (nSPS) is 12.3. The molecule has 0 saturated carbocycles. The van der Waals surface area contributed by atoms with E-state index in [0.717, 1.165) is 43.0 Å². The first-order valence-electron chi connectivity index (χ1n) is 17.0. The molecule has 4 aromatic carbocycles. The number of ether oxygens (including phenoxy) is 3. The van der Waals surface area contributed by atoms with Gasteiger partial charge in [-0.2, -0.15) is 0 Å². The van der Waals surface area contributed by atoms with Gasteiger partial charge in [-0.15, -0.1) is 22.7 Å². The molecule has 6 aromatic rings. The Morgan fingerprint density at radius 3 is 1.69 bits per heavy atom. The molecule has 0 bridgehead atoms. The predicted octanol–water partition coefficient (Wildman–Crippen LogP) is 7.64. The van der Waals surface area contributed by atoms with Gasteiger partial charge in [0.2, 0.25) is 0 Å². The lowest BCUT2D eigenvalue weighted by molar-refractivity contribution is 0.126. The highest BCUT2D eigenvalue weighted by Crippen LogP contribution is 2.23. The number of benzene rings is 4. The van der Waals surface area contributed by atoms with Crippen LogP contribution in [0.2, 0.25) is 0 Å². The van der Waals surface area contributed by atoms with Crippen LogP contribution in [-0.4, -0.2) is 59.3 Å². The Kier molecular flexibility index (Phi) is 13.2. The van der Waals surface area contributed by atoms with Gasteiger partial charge < -0.3 is 24.8 Å². The summed E-state index contributed by atoms with van der Waals surface area (Å²) < 4.78 is 16.7. The third kappa shape index (κ3) is 11.4. The molecule has 12 heteroatoms. The van der Waals surface area contributed by atoms with E-state index in [0.29, 0.717) is 32.5 Å². The fourth-order valence-electron chi connectivity index (χ4n) is 6.02. The third-order valence-corrected chi connectivity index (χ3v) is 9.93. The Morgan fingerprint density at radius 1 is 0.673 bits per heavy atom. The Balaban J connectivity index is 1.26. The fraction of sp³-hybridized carbons (Fsp3) is 0.250. The number of amides is 2. The summed E-state index contributed by atoms with van der Waals surface area (Å²) >= 11 is 2.87. The van der Waals surface area contributed by atoms with Gasteiger partial charge in [0.25, 0.3) is 0 Å². The molecule has 2 heterocycles. The highest BCUT2D eigenvalue weighted by molar-refractivity contribution is 7.09. The van der Waals surface area contributed by atoms with Gasteiger partial charge in [0, 0.05) is 44.1 Å². The number of carbonyl (C=O) groups excluding carboxylic acids is 2. The van der Waals surface area contributed by atoms with Gasteiger partial charge in [-0.05, 0) is 58.5 Å². The van der Waals surface area contributed by atoms with Crippen LogP contribution in [0.1, 0.15) is 26.4 Å². The summed E-state index contributed by atoms with van der Waals surface area (Å²) in [5.41, 5.74) is 6.69. The van der Waals surface area contributed by atoms with Crippen molar-refractivity contribution in [3.05, 3.63) is 147 Å². The van der Waals surface area contributed by atoms with Crippen molar-refractivity contribution in [3.8, 4) is 5.75 Å². The molecule has 10 nitrogen and oxygen atoms in total. The topological polar surface area (TPSA) is 115 Å². The molecule has 0 unspecified atom stereocenters. The Hall–Kier alpha value is -5.30. The number of nitrogens with one attached hydrogen (secondary N) is 2. The smallest absolute Gasteiger partial charge is 0.407 e. The number of rotatable bonds is 17. The van der Waals surface area contributed by atoms with E-state index in [2.05, 4.69) is 74.0 Å². The lowest BCUT2D eigenvalue weighted by Crippen LogP contribution is -2.50. The van der Waals surface area contributed by atoms with Crippen molar-refractivity contribution >= 4 is 45.6 Å². The molecule has 52 heavy (non-hydrogen) atoms. The van der Waals surface area contributed by atoms with E-state index in [1.54, 1.807) is 30.5 Å². The summed E-state index contributed by atoms with van der Waals surface area (Å²) in [5.74, 6) is 0.802. The summed E-state index contributed by atoms with van der Waals surface area (Å²) in [5, 5.41) is 8.44. The predicted molar refractivity (Wildman–Crippen MR) is 205 cm³/mol. The maximum Gasteiger partial charge on any atom is 0.407 e. The van der Waals surface area contributed by atoms with Crippen LogP contribution in [0.5, 0.6) is 5.75 Å². The van der Waals surface area contributed by atoms with Crippen LogP contribution in [0.25, 0.3) is 10.8 Å². The van der Waals surface area contributed by atoms with E-state index in [4.69, 9.17) is 14.2 Å². The number of alkyl carbamates (subject to hydrolysis) is 2. The molecule has 2 N–H and O–H groups in total. The largest absolute Gasteiger partial charge is 0.497 e. The van der Waals surface area contributed by atoms with E-state index < -0.39 is 12.2 Å². The Bertz CT molecular complexity index is 1880. The Morgan fingerprint density at radius 2 is 1.19 bits per heavy atom. The zero-order valence-electron chi connectivity index (χ0n) is 28.9. The number of aromatic nitrogens is 2. The molecular formula is C40H41N5O5S2. The molecule has 0 aliphatic rings. The first kappa shape index (κ1) is 36.5. The van der Waals surface area contributed by atoms with Gasteiger partial charge in [-0.3, -0.25) is 14.9 Å². The summed E-state index contributed by atoms with van der Waals surface area (Å²) in [4.78, 5) is 38.6. The van der Waals surface area contributed by atoms with Gasteiger partial charge in [-0.1, -0.05) is 78.9 Å². The average molecular weight is 736 g/mol. The molecule has 0 spiro atoms. The maximum absolute atomic E-state index is 13.2. The third-order valence-electron chi connectivity index (χ3n) is 8.43. The molecule has 268 valence electrons. The number of fused-ring (bicyclic) bond motifs is 1. The number of carbonyl (C=O) groups is 2. The van der Waals surface area contributed by atoms with Crippen molar-refractivity contribution < 1.29 is 23.8 Å². The van der Waals surface area contributed by atoms with Gasteiger partial charge in [-0.25, -0.2) is 9.59 Å². The molecule has 2 amide bonds. The first-order valence-corrected chi connectivity index (χ1v) is 18.7. The number of nitrogens with zero attached hydrogens (tertiary/aromatic N) is 3. The lowest BCUT2D eigenvalue weighted by atomic mass is 10.0. The van der Waals surface area contributed by atoms with Gasteiger partial charge in [0.05, 0.1) is 27.9 Å². The van der Waals surface area contributed by atoms with Crippen molar-refractivity contribution in [3.63, 3.8) is 0 Å². The Labute approximate surface area is 311 Å². The minimum Gasteiger partial charge on any atom is -0.497 e. The molecule has 0 saturated heterocycles. The van der Waals surface area contributed by atoms with Crippen LogP contribution in [0, 0.1) is 0 Å².